The van der Waals surface area contributed by atoms with E-state index in [-0.39, 0.29) is 0 Å². The molecule has 0 aliphatic heterocycles. The van der Waals surface area contributed by atoms with Gasteiger partial charge in [0.05, 0.1) is 7.11 Å². The zero-order valence-corrected chi connectivity index (χ0v) is 7.22. The molecule has 0 bridgehead atoms. The molecule has 0 rings (SSSR count). The predicted molar refractivity (Wildman–Crippen MR) is 43.3 cm³/mol. The van der Waals surface area contributed by atoms with Crippen LogP contribution in [0.1, 0.15) is 13.8 Å². The van der Waals surface area contributed by atoms with Crippen LogP contribution in [-0.4, -0.2) is 38.2 Å². The van der Waals surface area contributed by atoms with Gasteiger partial charge in [0.1, 0.15) is 0 Å². The summed E-state index contributed by atoms with van der Waals surface area (Å²) in [5.74, 6) is 0. The smallest absolute Gasteiger partial charge is 0.286 e. The second-order valence-corrected chi connectivity index (χ2v) is 1.98. The van der Waals surface area contributed by atoms with E-state index in [1.807, 2.05) is 18.9 Å². The molecule has 0 radical (unpaired) electrons. The molecule has 60 valence electrons. The van der Waals surface area contributed by atoms with E-state index >= 15 is 0 Å². The predicted octanol–water partition coefficient (Wildman–Crippen LogP) is 0.960. The average Bonchev–Trinajstić information content (AvgIpc) is 1.99. The fourth-order valence-electron chi connectivity index (χ4n) is 0.612. The maximum atomic E-state index is 5.02. The molecule has 0 spiro atoms. The van der Waals surface area contributed by atoms with E-state index in [1.54, 1.807) is 7.11 Å². The molecule has 0 fully saturated rings. The van der Waals surface area contributed by atoms with Gasteiger partial charge in [0, 0.05) is 20.1 Å². The maximum Gasteiger partial charge on any atom is 0.286 e. The lowest BCUT2D eigenvalue weighted by atomic mass is 10.6. The normalized spacial score (nSPS) is 11.4. The standard InChI is InChI=1S/C7H16N2O/c1-5-8-7(10-4)9(3)6-2/h5-6H2,1-4H3. The number of amidine groups is 1. The van der Waals surface area contributed by atoms with Gasteiger partial charge in [0.2, 0.25) is 0 Å². The number of aliphatic imine (C=N–C) groups is 1. The molecule has 3 heteroatoms. The Labute approximate surface area is 62.7 Å². The van der Waals surface area contributed by atoms with Crippen LogP contribution in [-0.2, 0) is 4.74 Å². The third kappa shape index (κ3) is 2.71. The topological polar surface area (TPSA) is 24.8 Å². The Morgan fingerprint density at radius 2 is 2.10 bits per heavy atom. The lowest BCUT2D eigenvalue weighted by Crippen LogP contribution is -2.27. The van der Waals surface area contributed by atoms with Crippen LogP contribution in [0, 0.1) is 0 Å². The SMILES string of the molecule is CCN=C(OC)N(C)CC. The zero-order valence-electron chi connectivity index (χ0n) is 7.22. The summed E-state index contributed by atoms with van der Waals surface area (Å²) >= 11 is 0. The fourth-order valence-corrected chi connectivity index (χ4v) is 0.612. The molecular formula is C7H16N2O. The summed E-state index contributed by atoms with van der Waals surface area (Å²) in [6.07, 6.45) is 0. The van der Waals surface area contributed by atoms with Crippen LogP contribution in [0.4, 0.5) is 0 Å². The molecule has 0 atom stereocenters. The van der Waals surface area contributed by atoms with Gasteiger partial charge < -0.3 is 9.64 Å². The van der Waals surface area contributed by atoms with E-state index in [0.717, 1.165) is 13.1 Å². The van der Waals surface area contributed by atoms with Gasteiger partial charge in [-0.3, -0.25) is 0 Å². The monoisotopic (exact) mass is 144 g/mol. The van der Waals surface area contributed by atoms with E-state index in [0.29, 0.717) is 6.02 Å². The summed E-state index contributed by atoms with van der Waals surface area (Å²) in [4.78, 5) is 6.10. The van der Waals surface area contributed by atoms with E-state index in [1.165, 1.54) is 0 Å². The molecule has 0 amide bonds. The number of hydrogen-bond donors (Lipinski definition) is 0. The minimum atomic E-state index is 0.713. The Morgan fingerprint density at radius 3 is 2.40 bits per heavy atom. The van der Waals surface area contributed by atoms with Crippen molar-refractivity contribution < 1.29 is 4.74 Å². The summed E-state index contributed by atoms with van der Waals surface area (Å²) in [6, 6.07) is 0.713. The first-order valence-electron chi connectivity index (χ1n) is 3.55. The van der Waals surface area contributed by atoms with Gasteiger partial charge >= 0.3 is 0 Å². The van der Waals surface area contributed by atoms with Crippen molar-refractivity contribution in [3.63, 3.8) is 0 Å². The summed E-state index contributed by atoms with van der Waals surface area (Å²) in [7, 11) is 3.60. The molecule has 0 aliphatic carbocycles. The second kappa shape index (κ2) is 5.09. The minimum absolute atomic E-state index is 0.713. The lowest BCUT2D eigenvalue weighted by molar-refractivity contribution is 0.313. The highest BCUT2D eigenvalue weighted by Gasteiger charge is 2.00. The molecule has 0 aliphatic rings. The zero-order chi connectivity index (χ0) is 7.98. The Bertz CT molecular complexity index is 112. The van der Waals surface area contributed by atoms with Crippen molar-refractivity contribution >= 4 is 6.02 Å². The highest BCUT2D eigenvalue weighted by atomic mass is 16.5. The van der Waals surface area contributed by atoms with Gasteiger partial charge in [-0.15, -0.1) is 0 Å². The van der Waals surface area contributed by atoms with Crippen molar-refractivity contribution in [1.82, 2.24) is 4.90 Å². The van der Waals surface area contributed by atoms with Crippen molar-refractivity contribution in [3.8, 4) is 0 Å². The third-order valence-electron chi connectivity index (χ3n) is 1.28. The number of rotatable bonds is 2. The molecule has 0 heterocycles. The van der Waals surface area contributed by atoms with Crippen LogP contribution in [0.15, 0.2) is 4.99 Å². The number of nitrogens with zero attached hydrogens (tertiary/aromatic N) is 2. The van der Waals surface area contributed by atoms with Crippen molar-refractivity contribution in [3.05, 3.63) is 0 Å². The highest BCUT2D eigenvalue weighted by Crippen LogP contribution is 1.87. The van der Waals surface area contributed by atoms with Gasteiger partial charge in [0.15, 0.2) is 0 Å². The largest absolute Gasteiger partial charge is 0.468 e. The van der Waals surface area contributed by atoms with E-state index in [2.05, 4.69) is 11.9 Å². The molecule has 0 aromatic rings. The first-order valence-corrected chi connectivity index (χ1v) is 3.55. The van der Waals surface area contributed by atoms with Gasteiger partial charge in [-0.05, 0) is 13.8 Å². The molecule has 10 heavy (non-hydrogen) atoms. The van der Waals surface area contributed by atoms with Crippen molar-refractivity contribution in [1.29, 1.82) is 0 Å². The van der Waals surface area contributed by atoms with Crippen LogP contribution in [0.3, 0.4) is 0 Å². The van der Waals surface area contributed by atoms with E-state index in [9.17, 15) is 0 Å². The third-order valence-corrected chi connectivity index (χ3v) is 1.28. The molecule has 0 unspecified atom stereocenters. The summed E-state index contributed by atoms with van der Waals surface area (Å²) < 4.78 is 5.02. The Morgan fingerprint density at radius 1 is 1.50 bits per heavy atom. The van der Waals surface area contributed by atoms with Crippen molar-refractivity contribution in [2.24, 2.45) is 4.99 Å². The molecule has 0 saturated carbocycles. The van der Waals surface area contributed by atoms with Crippen LogP contribution < -0.4 is 0 Å². The fraction of sp³-hybridized carbons (Fsp3) is 0.857. The lowest BCUT2D eigenvalue weighted by Gasteiger charge is -2.16. The minimum Gasteiger partial charge on any atom is -0.468 e. The van der Waals surface area contributed by atoms with Crippen LogP contribution >= 0.6 is 0 Å². The van der Waals surface area contributed by atoms with E-state index < -0.39 is 0 Å². The van der Waals surface area contributed by atoms with Crippen molar-refractivity contribution in [2.75, 3.05) is 27.2 Å². The number of ether oxygens (including phenoxy) is 1. The maximum absolute atomic E-state index is 5.02. The molecule has 3 nitrogen and oxygen atoms in total. The second-order valence-electron chi connectivity index (χ2n) is 1.98. The van der Waals surface area contributed by atoms with Gasteiger partial charge in [-0.25, -0.2) is 4.99 Å². The number of methoxy groups -OCH3 is 1. The summed E-state index contributed by atoms with van der Waals surface area (Å²) in [6.45, 7) is 5.74. The van der Waals surface area contributed by atoms with Crippen LogP contribution in [0.5, 0.6) is 0 Å². The Kier molecular flexibility index (Phi) is 4.72. The summed E-state index contributed by atoms with van der Waals surface area (Å²) in [5.41, 5.74) is 0. The van der Waals surface area contributed by atoms with Crippen LogP contribution in [0.2, 0.25) is 0 Å². The average molecular weight is 144 g/mol. The first-order chi connectivity index (χ1) is 4.76. The molecule has 0 saturated heterocycles. The van der Waals surface area contributed by atoms with Crippen molar-refractivity contribution in [2.45, 2.75) is 13.8 Å². The summed E-state index contributed by atoms with van der Waals surface area (Å²) in [5, 5.41) is 0. The Balaban J connectivity index is 3.92. The molecule has 0 aromatic carbocycles. The van der Waals surface area contributed by atoms with Crippen LogP contribution in [0.25, 0.3) is 0 Å². The molecule has 0 aromatic heterocycles. The molecular weight excluding hydrogens is 128 g/mol. The van der Waals surface area contributed by atoms with Gasteiger partial charge in [-0.2, -0.15) is 0 Å². The van der Waals surface area contributed by atoms with E-state index in [4.69, 9.17) is 4.74 Å². The Hall–Kier alpha value is -0.730. The first kappa shape index (κ1) is 9.27. The van der Waals surface area contributed by atoms with Gasteiger partial charge in [-0.1, -0.05) is 0 Å². The van der Waals surface area contributed by atoms with Gasteiger partial charge in [0.25, 0.3) is 6.02 Å². The molecule has 0 N–H and O–H groups in total. The quantitative estimate of drug-likeness (QED) is 0.426. The number of hydrogen-bond acceptors (Lipinski definition) is 2. The highest BCUT2D eigenvalue weighted by molar-refractivity contribution is 5.73.